The maximum absolute atomic E-state index is 13.2. The maximum Gasteiger partial charge on any atom is 0.240 e. The first-order valence-electron chi connectivity index (χ1n) is 6.48. The Balaban J connectivity index is 2.56. The molecule has 0 saturated carbocycles. The van der Waals surface area contributed by atoms with E-state index in [1.807, 2.05) is 6.92 Å². The number of sulfonamides is 1. The summed E-state index contributed by atoms with van der Waals surface area (Å²) in [6.45, 7) is 2.53. The molecule has 0 unspecified atom stereocenters. The molecule has 0 saturated heterocycles. The van der Waals surface area contributed by atoms with Crippen LogP contribution in [-0.2, 0) is 21.4 Å². The van der Waals surface area contributed by atoms with Gasteiger partial charge in [-0.3, -0.25) is 0 Å². The van der Waals surface area contributed by atoms with Crippen LogP contribution in [0.3, 0.4) is 0 Å². The van der Waals surface area contributed by atoms with Crippen molar-refractivity contribution < 1.29 is 22.7 Å². The summed E-state index contributed by atoms with van der Waals surface area (Å²) in [7, 11) is -3.71. The summed E-state index contributed by atoms with van der Waals surface area (Å²) in [5.41, 5.74) is -0.0490. The molecule has 0 fully saturated rings. The van der Waals surface area contributed by atoms with E-state index in [1.54, 1.807) is 0 Å². The van der Waals surface area contributed by atoms with E-state index in [2.05, 4.69) is 4.72 Å². The summed E-state index contributed by atoms with van der Waals surface area (Å²) in [4.78, 5) is -0.0727. The van der Waals surface area contributed by atoms with E-state index in [9.17, 15) is 12.8 Å². The Morgan fingerprint density at radius 2 is 2.10 bits per heavy atom. The van der Waals surface area contributed by atoms with E-state index < -0.39 is 22.4 Å². The number of ether oxygens (including phenoxy) is 1. The highest BCUT2D eigenvalue weighted by Crippen LogP contribution is 2.14. The highest BCUT2D eigenvalue weighted by Gasteiger charge is 2.15. The number of hydrogen-bond donors (Lipinski definition) is 2. The summed E-state index contributed by atoms with van der Waals surface area (Å²) >= 11 is 0. The average molecular weight is 305 g/mol. The molecule has 1 rings (SSSR count). The standard InChI is InChI=1S/C13H20FNO4S/c1-2-3-7-19-8-6-15-20(17,18)12-4-5-13(14)11(9-12)10-16/h4-5,9,15-16H,2-3,6-8,10H2,1H3. The molecule has 0 amide bonds. The second-order valence-electron chi connectivity index (χ2n) is 4.28. The largest absolute Gasteiger partial charge is 0.392 e. The molecule has 0 radical (unpaired) electrons. The Labute approximate surface area is 118 Å². The molecule has 2 N–H and O–H groups in total. The maximum atomic E-state index is 13.2. The van der Waals surface area contributed by atoms with Crippen LogP contribution in [0.1, 0.15) is 25.3 Å². The third kappa shape index (κ3) is 5.16. The molecule has 114 valence electrons. The first-order chi connectivity index (χ1) is 9.51. The number of halogens is 1. The van der Waals surface area contributed by atoms with Crippen molar-refractivity contribution in [3.8, 4) is 0 Å². The molecular weight excluding hydrogens is 285 g/mol. The van der Waals surface area contributed by atoms with Gasteiger partial charge in [0.2, 0.25) is 10.0 Å². The number of rotatable bonds is 9. The van der Waals surface area contributed by atoms with Crippen LogP contribution in [0.2, 0.25) is 0 Å². The summed E-state index contributed by atoms with van der Waals surface area (Å²) < 4.78 is 44.7. The Bertz CT molecular complexity index is 519. The highest BCUT2D eigenvalue weighted by molar-refractivity contribution is 7.89. The third-order valence-electron chi connectivity index (χ3n) is 2.68. The van der Waals surface area contributed by atoms with Crippen molar-refractivity contribution >= 4 is 10.0 Å². The van der Waals surface area contributed by atoms with Crippen LogP contribution in [0.4, 0.5) is 4.39 Å². The summed E-state index contributed by atoms with van der Waals surface area (Å²) in [6, 6.07) is 3.31. The molecule has 0 spiro atoms. The Morgan fingerprint density at radius 1 is 1.35 bits per heavy atom. The molecular formula is C13H20FNO4S. The van der Waals surface area contributed by atoms with Gasteiger partial charge in [0.15, 0.2) is 0 Å². The van der Waals surface area contributed by atoms with E-state index in [-0.39, 0.29) is 23.6 Å². The Hall–Kier alpha value is -1.02. The SMILES string of the molecule is CCCCOCCNS(=O)(=O)c1ccc(F)c(CO)c1. The molecule has 0 aliphatic rings. The lowest BCUT2D eigenvalue weighted by molar-refractivity contribution is 0.136. The van der Waals surface area contributed by atoms with Gasteiger partial charge in [0.05, 0.1) is 18.1 Å². The minimum atomic E-state index is -3.71. The molecule has 1 aromatic rings. The van der Waals surface area contributed by atoms with Gasteiger partial charge in [-0.15, -0.1) is 0 Å². The number of nitrogens with one attached hydrogen (secondary N) is 1. The van der Waals surface area contributed by atoms with Crippen molar-refractivity contribution in [2.24, 2.45) is 0 Å². The second-order valence-corrected chi connectivity index (χ2v) is 6.04. The van der Waals surface area contributed by atoms with Crippen molar-refractivity contribution in [1.29, 1.82) is 0 Å². The zero-order chi connectivity index (χ0) is 15.0. The van der Waals surface area contributed by atoms with Crippen LogP contribution in [-0.4, -0.2) is 33.3 Å². The average Bonchev–Trinajstić information content (AvgIpc) is 2.43. The molecule has 5 nitrogen and oxygen atoms in total. The minimum Gasteiger partial charge on any atom is -0.392 e. The van der Waals surface area contributed by atoms with Crippen LogP contribution in [0.25, 0.3) is 0 Å². The van der Waals surface area contributed by atoms with Crippen LogP contribution in [0.5, 0.6) is 0 Å². The number of hydrogen-bond acceptors (Lipinski definition) is 4. The fourth-order valence-electron chi connectivity index (χ4n) is 1.52. The lowest BCUT2D eigenvalue weighted by atomic mass is 10.2. The van der Waals surface area contributed by atoms with Gasteiger partial charge in [0.1, 0.15) is 5.82 Å². The van der Waals surface area contributed by atoms with Crippen LogP contribution < -0.4 is 4.72 Å². The van der Waals surface area contributed by atoms with Gasteiger partial charge in [0, 0.05) is 18.7 Å². The monoisotopic (exact) mass is 305 g/mol. The first kappa shape index (κ1) is 17.0. The molecule has 1 aromatic carbocycles. The minimum absolute atomic E-state index is 0.0490. The molecule has 0 atom stereocenters. The van der Waals surface area contributed by atoms with Gasteiger partial charge in [-0.05, 0) is 24.6 Å². The molecule has 7 heteroatoms. The smallest absolute Gasteiger partial charge is 0.240 e. The molecule has 20 heavy (non-hydrogen) atoms. The van der Waals surface area contributed by atoms with Crippen molar-refractivity contribution in [2.75, 3.05) is 19.8 Å². The summed E-state index contributed by atoms with van der Waals surface area (Å²) in [6.07, 6.45) is 1.95. The van der Waals surface area contributed by atoms with Crippen LogP contribution >= 0.6 is 0 Å². The van der Waals surface area contributed by atoms with Gasteiger partial charge in [-0.2, -0.15) is 0 Å². The van der Waals surface area contributed by atoms with Gasteiger partial charge < -0.3 is 9.84 Å². The zero-order valence-electron chi connectivity index (χ0n) is 11.4. The van der Waals surface area contributed by atoms with Crippen LogP contribution in [0.15, 0.2) is 23.1 Å². The van der Waals surface area contributed by atoms with Crippen molar-refractivity contribution in [2.45, 2.75) is 31.3 Å². The fourth-order valence-corrected chi connectivity index (χ4v) is 2.58. The lowest BCUT2D eigenvalue weighted by Crippen LogP contribution is -2.27. The van der Waals surface area contributed by atoms with E-state index in [1.165, 1.54) is 0 Å². The summed E-state index contributed by atoms with van der Waals surface area (Å²) in [5.74, 6) is -0.630. The summed E-state index contributed by atoms with van der Waals surface area (Å²) in [5, 5.41) is 8.93. The number of benzene rings is 1. The molecule has 0 heterocycles. The molecule has 0 bridgehead atoms. The van der Waals surface area contributed by atoms with E-state index in [0.29, 0.717) is 6.61 Å². The van der Waals surface area contributed by atoms with E-state index in [4.69, 9.17) is 9.84 Å². The van der Waals surface area contributed by atoms with Crippen molar-refractivity contribution in [3.63, 3.8) is 0 Å². The zero-order valence-corrected chi connectivity index (χ0v) is 12.2. The van der Waals surface area contributed by atoms with Crippen molar-refractivity contribution in [3.05, 3.63) is 29.6 Å². The molecule has 0 aliphatic carbocycles. The predicted octanol–water partition coefficient (Wildman–Crippen LogP) is 1.41. The lowest BCUT2D eigenvalue weighted by Gasteiger charge is -2.08. The number of aliphatic hydroxyl groups excluding tert-OH is 1. The van der Waals surface area contributed by atoms with Crippen LogP contribution in [0, 0.1) is 5.82 Å². The third-order valence-corrected chi connectivity index (χ3v) is 4.14. The second kappa shape index (κ2) is 8.31. The number of aliphatic hydroxyl groups is 1. The highest BCUT2D eigenvalue weighted by atomic mass is 32.2. The van der Waals surface area contributed by atoms with E-state index >= 15 is 0 Å². The quantitative estimate of drug-likeness (QED) is 0.677. The van der Waals surface area contributed by atoms with Gasteiger partial charge in [-0.1, -0.05) is 13.3 Å². The Morgan fingerprint density at radius 3 is 2.75 bits per heavy atom. The first-order valence-corrected chi connectivity index (χ1v) is 7.96. The van der Waals surface area contributed by atoms with E-state index in [0.717, 1.165) is 31.0 Å². The number of unbranched alkanes of at least 4 members (excludes halogenated alkanes) is 1. The Kier molecular flexibility index (Phi) is 7.08. The topological polar surface area (TPSA) is 75.6 Å². The molecule has 0 aliphatic heterocycles. The van der Waals surface area contributed by atoms with Crippen molar-refractivity contribution in [1.82, 2.24) is 4.72 Å². The van der Waals surface area contributed by atoms with Gasteiger partial charge >= 0.3 is 0 Å². The predicted molar refractivity (Wildman–Crippen MR) is 73.2 cm³/mol. The molecule has 0 aromatic heterocycles. The normalized spacial score (nSPS) is 11.8. The van der Waals surface area contributed by atoms with Gasteiger partial charge in [-0.25, -0.2) is 17.5 Å². The fraction of sp³-hybridized carbons (Fsp3) is 0.538. The van der Waals surface area contributed by atoms with Gasteiger partial charge in [0.25, 0.3) is 0 Å².